The summed E-state index contributed by atoms with van der Waals surface area (Å²) < 4.78 is 62.3. The Bertz CT molecular complexity index is 4590. The van der Waals surface area contributed by atoms with E-state index in [-0.39, 0.29) is 49.3 Å². The highest BCUT2D eigenvalue weighted by atomic mass is 35.5. The molecule has 42 heteroatoms. The average Bonchev–Trinajstić information content (AvgIpc) is 1.64. The number of likely N-dealkylation sites (N-methyl/N-ethyl adjacent to an activating group) is 1. The predicted octanol–water partition coefficient (Wildman–Crippen LogP) is -4.36. The quantitative estimate of drug-likeness (QED) is 0.0197. The first-order valence-corrected chi connectivity index (χ1v) is 39.2. The number of alkyl halides is 1. The number of halogens is 1. The van der Waals surface area contributed by atoms with Crippen LogP contribution < -0.4 is 46.9 Å². The van der Waals surface area contributed by atoms with Gasteiger partial charge in [0.2, 0.25) is 29.5 Å². The number of benzene rings is 3. The second-order valence-corrected chi connectivity index (χ2v) is 30.5. The Morgan fingerprint density at radius 1 is 0.597 bits per heavy atom. The molecule has 3 aromatic heterocycles. The molecule has 0 radical (unpaired) electrons. The van der Waals surface area contributed by atoms with Gasteiger partial charge in [-0.15, -0.1) is 11.6 Å². The van der Waals surface area contributed by atoms with E-state index in [2.05, 4.69) is 42.2 Å². The van der Waals surface area contributed by atoms with E-state index >= 15 is 0 Å². The number of aliphatic hydroxyl groups excluding tert-OH is 12. The maximum Gasteiger partial charge on any atom is 0.415 e. The highest BCUT2D eigenvalue weighted by Gasteiger charge is 2.58. The number of carbonyl (C=O) groups is 8. The van der Waals surface area contributed by atoms with Crippen molar-refractivity contribution in [2.75, 3.05) is 82.4 Å². The van der Waals surface area contributed by atoms with Gasteiger partial charge in [-0.25, -0.2) is 9.78 Å². The number of nitrogens with one attached hydrogen (secondary N) is 7. The molecule has 3 aromatic carbocycles. The maximum absolute atomic E-state index is 14.8. The van der Waals surface area contributed by atoms with Crippen molar-refractivity contribution in [2.45, 2.75) is 200 Å². The van der Waals surface area contributed by atoms with Crippen LogP contribution in [0.2, 0.25) is 0 Å². The van der Waals surface area contributed by atoms with Crippen LogP contribution in [-0.4, -0.2) is 342 Å². The molecular weight excluding hydrogens is 1590 g/mol. The number of hydrogen-bond donors (Lipinski definition) is 19. The molecule has 5 fully saturated rings. The van der Waals surface area contributed by atoms with Crippen LogP contribution in [-0.2, 0) is 61.9 Å². The summed E-state index contributed by atoms with van der Waals surface area (Å²) in [5.41, 5.74) is 3.22. The first-order chi connectivity index (χ1) is 56.9. The van der Waals surface area contributed by atoms with Gasteiger partial charge < -0.3 is 160 Å². The lowest BCUT2D eigenvalue weighted by atomic mass is 9.79. The number of rotatable bonds is 29. The SMILES string of the molecule is CNCCN(CCC(=O)N[C@H]1[C@H](OC2[C@@H](CO)C[C@@H](OC3[C@@H](CO)O[C@@H](OC4[C@@H](CO)O[C@@H](OC5[C@@H](CO)OC(O)[C@H](NC(C)=O)[C@H]5O)[C@H](NC(C)=O)[C@H]4O)[C@H](NC(C)=O)[C@H]3O)[C@H](NC(C)=O)[C@H]2O)O[C@H](CO)[C@@H](O)[C@@H]1O)C(=O)Oc1cc2c(c3c(C)cccc13)[C@H](CCl)CN2C(=O)c1cn2cc(NC(=O)c3cc4ccccc4o3)ccc2n1. The summed E-state index contributed by atoms with van der Waals surface area (Å²) in [6.45, 7) is 1.32. The monoisotopic (exact) mass is 1690 g/mol. The lowest BCUT2D eigenvalue weighted by Crippen LogP contribution is -2.71. The van der Waals surface area contributed by atoms with Crippen molar-refractivity contribution < 1.29 is 147 Å². The van der Waals surface area contributed by atoms with Crippen molar-refractivity contribution in [3.63, 3.8) is 0 Å². The highest BCUT2D eigenvalue weighted by molar-refractivity contribution is 6.19. The van der Waals surface area contributed by atoms with Crippen LogP contribution in [0, 0.1) is 12.8 Å². The summed E-state index contributed by atoms with van der Waals surface area (Å²) in [5.74, 6) is -6.44. The molecule has 5 unspecified atom stereocenters. The number of aromatic nitrogens is 2. The molecule has 1 saturated carbocycles. The van der Waals surface area contributed by atoms with Crippen molar-refractivity contribution in [1.29, 1.82) is 0 Å². The molecule has 1 aliphatic carbocycles. The number of aliphatic hydroxyl groups is 12. The third-order valence-corrected chi connectivity index (χ3v) is 22.3. The van der Waals surface area contributed by atoms with E-state index in [1.54, 1.807) is 66.2 Å². The minimum absolute atomic E-state index is 0.0396. The molecule has 650 valence electrons. The van der Waals surface area contributed by atoms with E-state index < -0.39 is 252 Å². The van der Waals surface area contributed by atoms with E-state index in [0.717, 1.165) is 44.2 Å². The highest BCUT2D eigenvalue weighted by Crippen LogP contribution is 2.48. The Morgan fingerprint density at radius 2 is 1.16 bits per heavy atom. The molecular formula is C77H100ClN11O30. The summed E-state index contributed by atoms with van der Waals surface area (Å²) >= 11 is 6.70. The molecule has 0 bridgehead atoms. The second kappa shape index (κ2) is 38.9. The predicted molar refractivity (Wildman–Crippen MR) is 411 cm³/mol. The molecule has 6 aromatic rings. The van der Waals surface area contributed by atoms with Crippen molar-refractivity contribution in [3.8, 4) is 5.75 Å². The van der Waals surface area contributed by atoms with E-state index in [9.17, 15) is 99.6 Å². The Hall–Kier alpha value is -8.84. The van der Waals surface area contributed by atoms with Gasteiger partial charge in [0.25, 0.3) is 11.8 Å². The minimum atomic E-state index is -2.01. The number of amides is 8. The molecule has 41 nitrogen and oxygen atoms in total. The lowest BCUT2D eigenvalue weighted by Gasteiger charge is -2.51. The zero-order valence-electron chi connectivity index (χ0n) is 65.4. The number of fused-ring (bicyclic) bond motifs is 5. The van der Waals surface area contributed by atoms with Gasteiger partial charge in [0, 0.05) is 114 Å². The first kappa shape index (κ1) is 89.4. The van der Waals surface area contributed by atoms with Crippen LogP contribution in [0.4, 0.5) is 16.2 Å². The zero-order valence-corrected chi connectivity index (χ0v) is 66.1. The molecule has 12 rings (SSSR count). The summed E-state index contributed by atoms with van der Waals surface area (Å²) in [4.78, 5) is 115. The number of aryl methyl sites for hydroxylation is 1. The first-order valence-electron chi connectivity index (χ1n) is 38.7. The number of para-hydroxylation sites is 1. The average molecular weight is 1700 g/mol. The molecule has 0 spiro atoms. The fraction of sp³-hybridized carbons (Fsp3) is 0.571. The van der Waals surface area contributed by atoms with Crippen molar-refractivity contribution in [3.05, 3.63) is 102 Å². The smallest absolute Gasteiger partial charge is 0.415 e. The summed E-state index contributed by atoms with van der Waals surface area (Å²) in [7, 11) is 1.63. The third kappa shape index (κ3) is 19.4. The van der Waals surface area contributed by atoms with Crippen molar-refractivity contribution in [1.82, 2.24) is 46.2 Å². The number of hydrogen-bond acceptors (Lipinski definition) is 32. The molecule has 26 atom stereocenters. The van der Waals surface area contributed by atoms with Gasteiger partial charge in [-0.1, -0.05) is 36.4 Å². The van der Waals surface area contributed by atoms with Crippen LogP contribution in [0.15, 0.2) is 83.5 Å². The van der Waals surface area contributed by atoms with Gasteiger partial charge in [-0.3, -0.25) is 33.6 Å². The molecule has 8 amide bonds. The van der Waals surface area contributed by atoms with Crippen LogP contribution in [0.3, 0.4) is 0 Å². The van der Waals surface area contributed by atoms with Crippen LogP contribution >= 0.6 is 11.6 Å². The molecule has 4 saturated heterocycles. The van der Waals surface area contributed by atoms with Crippen LogP contribution in [0.5, 0.6) is 5.75 Å². The molecule has 8 heterocycles. The van der Waals surface area contributed by atoms with Crippen molar-refractivity contribution in [2.24, 2.45) is 5.92 Å². The van der Waals surface area contributed by atoms with Crippen LogP contribution in [0.25, 0.3) is 27.4 Å². The number of nitrogens with zero attached hydrogens (tertiary/aromatic N) is 4. The van der Waals surface area contributed by atoms with E-state index in [4.69, 9.17) is 58.6 Å². The van der Waals surface area contributed by atoms with Gasteiger partial charge >= 0.3 is 6.09 Å². The van der Waals surface area contributed by atoms with E-state index in [0.29, 0.717) is 33.4 Å². The number of ether oxygens (including phenoxy) is 9. The summed E-state index contributed by atoms with van der Waals surface area (Å²) in [5, 5.41) is 155. The number of furan rings is 1. The van der Waals surface area contributed by atoms with E-state index in [1.807, 2.05) is 25.1 Å². The van der Waals surface area contributed by atoms with Gasteiger partial charge in [0.1, 0.15) is 126 Å². The number of anilines is 2. The number of carbonyl (C=O) groups excluding carboxylic acids is 8. The van der Waals surface area contributed by atoms with Gasteiger partial charge in [0.15, 0.2) is 30.9 Å². The fourth-order valence-corrected chi connectivity index (χ4v) is 16.5. The summed E-state index contributed by atoms with van der Waals surface area (Å²) in [6, 6.07) is 10.7. The minimum Gasteiger partial charge on any atom is -0.451 e. The molecule has 119 heavy (non-hydrogen) atoms. The topological polar surface area (TPSA) is 584 Å². The van der Waals surface area contributed by atoms with E-state index in [1.165, 1.54) is 16.0 Å². The Labute approximate surface area is 683 Å². The number of imidazole rings is 1. The lowest BCUT2D eigenvalue weighted by molar-refractivity contribution is -0.354. The molecule has 6 aliphatic rings. The van der Waals surface area contributed by atoms with Crippen LogP contribution in [0.1, 0.15) is 78.6 Å². The Kier molecular flexibility index (Phi) is 29.2. The second-order valence-electron chi connectivity index (χ2n) is 30.2. The van der Waals surface area contributed by atoms with Gasteiger partial charge in [-0.05, 0) is 61.2 Å². The Morgan fingerprint density at radius 3 is 1.76 bits per heavy atom. The van der Waals surface area contributed by atoms with Crippen molar-refractivity contribution >= 4 is 97.8 Å². The third-order valence-electron chi connectivity index (χ3n) is 22.0. The summed E-state index contributed by atoms with van der Waals surface area (Å²) in [6.07, 6.45) is -32.8. The molecule has 5 aliphatic heterocycles. The van der Waals surface area contributed by atoms with Gasteiger partial charge in [-0.2, -0.15) is 0 Å². The fourth-order valence-electron chi connectivity index (χ4n) is 16.2. The Balaban J connectivity index is 0.728. The zero-order chi connectivity index (χ0) is 85.7. The molecule has 19 N–H and O–H groups in total. The normalized spacial score (nSPS) is 32.0. The van der Waals surface area contributed by atoms with Gasteiger partial charge in [0.05, 0.1) is 56.1 Å². The standard InChI is InChI=1S/C77H100ClN11O30/c1-32-10-9-12-41-45(22-43-55(54(32)41)39(23-78)24-89(43)72(107)42-26-88-25-40(14-15-52(88)85-42)84-71(106)47-20-37-11-7-8-13-44(37)110-47)116-77(109)87(19-17-79-6)18-16-53(99)86-58-62(101)61(100)48(28-91)113-74(58)117-67-38(27-90)21-46(56(63(67)102)80-33(2)95)111-68-50(30-93)114-75(59(65(68)104)82-35(4)97)119-70-51(31-94)115-76(60(66(70)105)83-36(5)98)118-69-49(29-92)112-73(108)57(64(69)103)81-34(3)96/h7-15,20,22,25-26,38-39,46,48-51,56-70,73-76,79,90-94,100-105,108H,16-19,21,23-24,27-31H2,1-6H3,(H,80,95)(H,81,96)(H,82,97)(H,83,98)(H,84,106)(H,86,99)/t38-,39-,46-,48-,49-,50-,51-,56+,57-,58-,59-,60-,61-,62-,63-,64-,65-,66-,67?,68?,69?,70?,73?,74+,75+,76+/m1/s1. The largest absolute Gasteiger partial charge is 0.451 e. The number of pyridine rings is 1. The maximum atomic E-state index is 14.8.